The molecule has 0 bridgehead atoms. The van der Waals surface area contributed by atoms with Crippen LogP contribution in [0, 0.1) is 0 Å². The van der Waals surface area contributed by atoms with Gasteiger partial charge in [-0.1, -0.05) is 6.07 Å². The van der Waals surface area contributed by atoms with Gasteiger partial charge in [0.05, 0.1) is 16.1 Å². The number of rotatable bonds is 1. The van der Waals surface area contributed by atoms with Gasteiger partial charge in [0.15, 0.2) is 0 Å². The van der Waals surface area contributed by atoms with Crippen molar-refractivity contribution in [1.29, 1.82) is 0 Å². The summed E-state index contributed by atoms with van der Waals surface area (Å²) in [4.78, 5) is 21.2. The summed E-state index contributed by atoms with van der Waals surface area (Å²) in [5.74, 6) is -1.14. The molecule has 1 N–H and O–H groups in total. The molecule has 0 fully saturated rings. The number of carbonyl (C=O) groups is 1. The summed E-state index contributed by atoms with van der Waals surface area (Å²) in [6.45, 7) is 0. The Hall–Kier alpha value is -1.10. The number of halogens is 1. The van der Waals surface area contributed by atoms with Crippen LogP contribution in [0.1, 0.15) is 10.5 Å². The van der Waals surface area contributed by atoms with Crippen molar-refractivity contribution in [2.45, 2.75) is 0 Å². The van der Waals surface area contributed by atoms with E-state index in [0.29, 0.717) is 0 Å². The standard InChI is InChI=1S/C6H4BrNO3/c7-8-4(6(10)11)2-1-3-5(8)9/h1-3H,(H,10,11). The Morgan fingerprint density at radius 3 is 2.64 bits per heavy atom. The lowest BCUT2D eigenvalue weighted by Crippen LogP contribution is -2.17. The Morgan fingerprint density at radius 2 is 2.18 bits per heavy atom. The molecule has 1 aromatic heterocycles. The monoisotopic (exact) mass is 217 g/mol. The van der Waals surface area contributed by atoms with E-state index >= 15 is 0 Å². The second-order valence-corrected chi connectivity index (χ2v) is 2.54. The number of carboxylic acid groups (broad SMARTS) is 1. The van der Waals surface area contributed by atoms with Gasteiger partial charge < -0.3 is 5.11 Å². The molecule has 5 heteroatoms. The van der Waals surface area contributed by atoms with Crippen LogP contribution in [0.3, 0.4) is 0 Å². The van der Waals surface area contributed by atoms with Crippen molar-refractivity contribution in [3.8, 4) is 0 Å². The van der Waals surface area contributed by atoms with E-state index in [-0.39, 0.29) is 5.69 Å². The average molecular weight is 218 g/mol. The fourth-order valence-electron chi connectivity index (χ4n) is 0.626. The minimum atomic E-state index is -1.14. The Labute approximate surface area is 70.4 Å². The van der Waals surface area contributed by atoms with Crippen molar-refractivity contribution in [3.05, 3.63) is 34.2 Å². The van der Waals surface area contributed by atoms with E-state index in [2.05, 4.69) is 16.1 Å². The molecule has 0 aliphatic rings. The number of aromatic nitrogens is 1. The molecule has 0 saturated carbocycles. The fraction of sp³-hybridized carbons (Fsp3) is 0. The first kappa shape index (κ1) is 8.00. The van der Waals surface area contributed by atoms with Crippen molar-refractivity contribution in [1.82, 2.24) is 3.59 Å². The number of hydrogen-bond acceptors (Lipinski definition) is 2. The summed E-state index contributed by atoms with van der Waals surface area (Å²) in [6.07, 6.45) is 0. The predicted molar refractivity (Wildman–Crippen MR) is 42.0 cm³/mol. The molecular formula is C6H4BrNO3. The number of nitrogens with zero attached hydrogens (tertiary/aromatic N) is 1. The first-order chi connectivity index (χ1) is 5.13. The third-order valence-electron chi connectivity index (χ3n) is 1.12. The molecule has 0 atom stereocenters. The van der Waals surface area contributed by atoms with Crippen LogP contribution < -0.4 is 5.56 Å². The fourth-order valence-corrected chi connectivity index (χ4v) is 1.01. The zero-order chi connectivity index (χ0) is 8.43. The maximum absolute atomic E-state index is 10.8. The average Bonchev–Trinajstić information content (AvgIpc) is 1.94. The van der Waals surface area contributed by atoms with Crippen molar-refractivity contribution in [3.63, 3.8) is 0 Å². The Balaban J connectivity index is 3.39. The molecule has 1 heterocycles. The Bertz CT molecular complexity index is 344. The molecule has 0 spiro atoms. The van der Waals surface area contributed by atoms with Crippen molar-refractivity contribution >= 4 is 22.1 Å². The van der Waals surface area contributed by atoms with Crippen LogP contribution >= 0.6 is 16.1 Å². The second-order valence-electron chi connectivity index (χ2n) is 1.84. The highest BCUT2D eigenvalue weighted by Gasteiger charge is 2.06. The first-order valence-corrected chi connectivity index (χ1v) is 3.45. The summed E-state index contributed by atoms with van der Waals surface area (Å²) in [6, 6.07) is 3.99. The van der Waals surface area contributed by atoms with Gasteiger partial charge in [-0.25, -0.2) is 8.39 Å². The van der Waals surface area contributed by atoms with E-state index in [4.69, 9.17) is 5.11 Å². The molecule has 58 valence electrons. The molecule has 0 amide bonds. The molecular weight excluding hydrogens is 214 g/mol. The van der Waals surface area contributed by atoms with E-state index < -0.39 is 11.5 Å². The molecule has 0 aromatic carbocycles. The van der Waals surface area contributed by atoms with Gasteiger partial charge in [-0.3, -0.25) is 4.79 Å². The van der Waals surface area contributed by atoms with Crippen LogP contribution in [-0.4, -0.2) is 14.7 Å². The topological polar surface area (TPSA) is 59.3 Å². The van der Waals surface area contributed by atoms with E-state index in [1.165, 1.54) is 18.2 Å². The molecule has 0 radical (unpaired) electrons. The van der Waals surface area contributed by atoms with Crippen LogP contribution in [0.25, 0.3) is 0 Å². The predicted octanol–water partition coefficient (Wildman–Crippen LogP) is 0.704. The SMILES string of the molecule is O=C(O)c1cccc(=O)n1Br. The molecule has 11 heavy (non-hydrogen) atoms. The van der Waals surface area contributed by atoms with E-state index in [9.17, 15) is 9.59 Å². The second kappa shape index (κ2) is 2.87. The third kappa shape index (κ3) is 1.48. The summed E-state index contributed by atoms with van der Waals surface area (Å²) < 4.78 is 0.898. The normalized spacial score (nSPS) is 9.55. The number of carboxylic acids is 1. The summed E-state index contributed by atoms with van der Waals surface area (Å²) >= 11 is 2.80. The van der Waals surface area contributed by atoms with Gasteiger partial charge in [-0.05, 0) is 6.07 Å². The lowest BCUT2D eigenvalue weighted by molar-refractivity contribution is 0.0689. The lowest BCUT2D eigenvalue weighted by Gasteiger charge is -1.97. The molecule has 0 aliphatic heterocycles. The lowest BCUT2D eigenvalue weighted by atomic mass is 10.4. The van der Waals surface area contributed by atoms with Crippen molar-refractivity contribution in [2.24, 2.45) is 0 Å². The maximum atomic E-state index is 10.8. The van der Waals surface area contributed by atoms with Crippen molar-refractivity contribution < 1.29 is 9.90 Å². The molecule has 1 aromatic rings. The highest BCUT2D eigenvalue weighted by atomic mass is 79.9. The number of pyridine rings is 1. The first-order valence-electron chi connectivity index (χ1n) is 2.74. The van der Waals surface area contributed by atoms with Crippen LogP contribution in [0.2, 0.25) is 0 Å². The van der Waals surface area contributed by atoms with Gasteiger partial charge >= 0.3 is 5.97 Å². The summed E-state index contributed by atoms with van der Waals surface area (Å²) in [7, 11) is 0. The number of aromatic carboxylic acids is 1. The van der Waals surface area contributed by atoms with Crippen LogP contribution in [0.5, 0.6) is 0 Å². The zero-order valence-corrected chi connectivity index (χ0v) is 6.91. The smallest absolute Gasteiger partial charge is 0.353 e. The summed E-state index contributed by atoms with van der Waals surface area (Å²) in [5.41, 5.74) is -0.484. The number of hydrogen-bond donors (Lipinski definition) is 1. The maximum Gasteiger partial charge on any atom is 0.353 e. The highest BCUT2D eigenvalue weighted by Crippen LogP contribution is 1.98. The largest absolute Gasteiger partial charge is 0.477 e. The molecule has 0 aliphatic carbocycles. The van der Waals surface area contributed by atoms with Gasteiger partial charge in [0.1, 0.15) is 5.69 Å². The molecule has 4 nitrogen and oxygen atoms in total. The molecule has 0 saturated heterocycles. The van der Waals surface area contributed by atoms with Crippen LogP contribution in [0.15, 0.2) is 23.0 Å². The Kier molecular flexibility index (Phi) is 2.09. The van der Waals surface area contributed by atoms with Crippen LogP contribution in [0.4, 0.5) is 0 Å². The highest BCUT2D eigenvalue weighted by molar-refractivity contribution is 9.08. The van der Waals surface area contributed by atoms with E-state index in [1.807, 2.05) is 0 Å². The molecule has 1 rings (SSSR count). The minimum Gasteiger partial charge on any atom is -0.477 e. The Morgan fingerprint density at radius 1 is 1.55 bits per heavy atom. The van der Waals surface area contributed by atoms with Crippen molar-refractivity contribution in [2.75, 3.05) is 0 Å². The van der Waals surface area contributed by atoms with Gasteiger partial charge in [0, 0.05) is 6.07 Å². The summed E-state index contributed by atoms with van der Waals surface area (Å²) in [5, 5.41) is 8.50. The third-order valence-corrected chi connectivity index (χ3v) is 1.85. The van der Waals surface area contributed by atoms with Crippen LogP contribution in [-0.2, 0) is 0 Å². The van der Waals surface area contributed by atoms with Gasteiger partial charge in [-0.2, -0.15) is 0 Å². The molecule has 0 unspecified atom stereocenters. The quantitative estimate of drug-likeness (QED) is 0.754. The van der Waals surface area contributed by atoms with Gasteiger partial charge in [-0.15, -0.1) is 0 Å². The minimum absolute atomic E-state index is 0.0856. The van der Waals surface area contributed by atoms with E-state index in [0.717, 1.165) is 3.59 Å². The van der Waals surface area contributed by atoms with Gasteiger partial charge in [0.25, 0.3) is 5.56 Å². The zero-order valence-electron chi connectivity index (χ0n) is 5.32. The van der Waals surface area contributed by atoms with Gasteiger partial charge in [0.2, 0.25) is 0 Å². The van der Waals surface area contributed by atoms with E-state index in [1.54, 1.807) is 0 Å².